The van der Waals surface area contributed by atoms with Crippen molar-refractivity contribution in [1.29, 1.82) is 0 Å². The molecule has 0 aromatic rings. The van der Waals surface area contributed by atoms with Gasteiger partial charge in [0.1, 0.15) is 0 Å². The minimum absolute atomic E-state index is 0.435. The smallest absolute Gasteiger partial charge is 0.0535 e. The average molecular weight is 185 g/mol. The van der Waals surface area contributed by atoms with Gasteiger partial charge in [0.2, 0.25) is 0 Å². The molecule has 1 heterocycles. The second kappa shape index (κ2) is 4.97. The number of hydrogen-bond donors (Lipinski definition) is 1. The minimum atomic E-state index is 0.435. The Morgan fingerprint density at radius 1 is 1.54 bits per heavy atom. The summed E-state index contributed by atoms with van der Waals surface area (Å²) in [5.41, 5.74) is 0.435. The van der Waals surface area contributed by atoms with Gasteiger partial charge in [0.05, 0.1) is 6.61 Å². The molecular weight excluding hydrogens is 162 g/mol. The molecule has 2 nitrogen and oxygen atoms in total. The van der Waals surface area contributed by atoms with Crippen molar-refractivity contribution in [2.24, 2.45) is 11.3 Å². The molecule has 1 rings (SSSR count). The lowest BCUT2D eigenvalue weighted by Gasteiger charge is -2.29. The largest absolute Gasteiger partial charge is 0.381 e. The van der Waals surface area contributed by atoms with Crippen molar-refractivity contribution in [3.05, 3.63) is 0 Å². The quantitative estimate of drug-likeness (QED) is 0.708. The number of hydrogen-bond acceptors (Lipinski definition) is 2. The highest BCUT2D eigenvalue weighted by molar-refractivity contribution is 4.86. The van der Waals surface area contributed by atoms with Gasteiger partial charge in [0, 0.05) is 18.6 Å². The molecule has 0 aromatic heterocycles. The lowest BCUT2D eigenvalue weighted by Crippen LogP contribution is -2.34. The molecule has 0 spiro atoms. The van der Waals surface area contributed by atoms with Crippen LogP contribution in [0, 0.1) is 11.3 Å². The Bertz CT molecular complexity index is 141. The molecule has 0 aromatic carbocycles. The van der Waals surface area contributed by atoms with Gasteiger partial charge in [-0.3, -0.25) is 0 Å². The van der Waals surface area contributed by atoms with E-state index in [-0.39, 0.29) is 0 Å². The third-order valence-electron chi connectivity index (χ3n) is 3.22. The summed E-state index contributed by atoms with van der Waals surface area (Å²) in [5.74, 6) is 0.829. The maximum absolute atomic E-state index is 5.52. The Balaban J connectivity index is 2.46. The van der Waals surface area contributed by atoms with Crippen LogP contribution in [0.3, 0.4) is 0 Å². The molecule has 1 aliphatic heterocycles. The second-order valence-corrected chi connectivity index (χ2v) is 4.55. The van der Waals surface area contributed by atoms with Gasteiger partial charge < -0.3 is 10.1 Å². The van der Waals surface area contributed by atoms with Gasteiger partial charge >= 0.3 is 0 Å². The number of rotatable bonds is 5. The number of nitrogens with one attached hydrogen (secondary N) is 1. The second-order valence-electron chi connectivity index (χ2n) is 4.55. The zero-order valence-electron chi connectivity index (χ0n) is 9.23. The third kappa shape index (κ3) is 2.96. The molecule has 1 N–H and O–H groups in total. The Kier molecular flexibility index (Phi) is 4.20. The van der Waals surface area contributed by atoms with Crippen molar-refractivity contribution < 1.29 is 4.74 Å². The van der Waals surface area contributed by atoms with Gasteiger partial charge in [0.15, 0.2) is 0 Å². The molecule has 0 bridgehead atoms. The molecule has 2 unspecified atom stereocenters. The standard InChI is InChI=1S/C11H23NO/c1-4-10(2)7-11(8-12-3)5-6-13-9-11/h10,12H,4-9H2,1-3H3. The molecule has 1 saturated heterocycles. The van der Waals surface area contributed by atoms with Crippen LogP contribution in [0.15, 0.2) is 0 Å². The maximum Gasteiger partial charge on any atom is 0.0535 e. The van der Waals surface area contributed by atoms with Crippen molar-refractivity contribution in [1.82, 2.24) is 5.32 Å². The van der Waals surface area contributed by atoms with Crippen molar-refractivity contribution in [3.63, 3.8) is 0 Å². The van der Waals surface area contributed by atoms with Crippen LogP contribution in [0.5, 0.6) is 0 Å². The van der Waals surface area contributed by atoms with Gasteiger partial charge in [-0.25, -0.2) is 0 Å². The molecule has 0 radical (unpaired) electrons. The predicted octanol–water partition coefficient (Wildman–Crippen LogP) is 2.05. The highest BCUT2D eigenvalue weighted by atomic mass is 16.5. The van der Waals surface area contributed by atoms with E-state index in [9.17, 15) is 0 Å². The van der Waals surface area contributed by atoms with Crippen LogP contribution in [0.1, 0.15) is 33.1 Å². The fourth-order valence-electron chi connectivity index (χ4n) is 2.28. The van der Waals surface area contributed by atoms with Gasteiger partial charge in [-0.05, 0) is 25.8 Å². The molecule has 1 fully saturated rings. The van der Waals surface area contributed by atoms with Crippen molar-refractivity contribution in [3.8, 4) is 0 Å². The van der Waals surface area contributed by atoms with E-state index in [2.05, 4.69) is 19.2 Å². The van der Waals surface area contributed by atoms with E-state index in [0.717, 1.165) is 25.7 Å². The summed E-state index contributed by atoms with van der Waals surface area (Å²) in [6.07, 6.45) is 3.83. The first-order chi connectivity index (χ1) is 6.22. The zero-order chi connectivity index (χ0) is 9.73. The van der Waals surface area contributed by atoms with Crippen LogP contribution in [0.4, 0.5) is 0 Å². The SMILES string of the molecule is CCC(C)CC1(CNC)CCOC1. The van der Waals surface area contributed by atoms with Crippen molar-refractivity contribution in [2.45, 2.75) is 33.1 Å². The molecule has 2 atom stereocenters. The van der Waals surface area contributed by atoms with E-state index in [1.54, 1.807) is 0 Å². The predicted molar refractivity (Wildman–Crippen MR) is 55.9 cm³/mol. The monoisotopic (exact) mass is 185 g/mol. The summed E-state index contributed by atoms with van der Waals surface area (Å²) >= 11 is 0. The Morgan fingerprint density at radius 2 is 2.31 bits per heavy atom. The van der Waals surface area contributed by atoms with E-state index in [4.69, 9.17) is 4.74 Å². The summed E-state index contributed by atoms with van der Waals surface area (Å²) in [6, 6.07) is 0. The molecule has 0 aliphatic carbocycles. The summed E-state index contributed by atoms with van der Waals surface area (Å²) in [4.78, 5) is 0. The normalized spacial score (nSPS) is 30.7. The van der Waals surface area contributed by atoms with Crippen molar-refractivity contribution in [2.75, 3.05) is 26.8 Å². The van der Waals surface area contributed by atoms with Crippen LogP contribution in [0.25, 0.3) is 0 Å². The van der Waals surface area contributed by atoms with Crippen LogP contribution in [-0.4, -0.2) is 26.8 Å². The maximum atomic E-state index is 5.52. The summed E-state index contributed by atoms with van der Waals surface area (Å²) in [6.45, 7) is 7.64. The van der Waals surface area contributed by atoms with E-state index in [0.29, 0.717) is 5.41 Å². The molecule has 13 heavy (non-hydrogen) atoms. The van der Waals surface area contributed by atoms with Gasteiger partial charge in [0.25, 0.3) is 0 Å². The highest BCUT2D eigenvalue weighted by Gasteiger charge is 2.34. The van der Waals surface area contributed by atoms with Crippen molar-refractivity contribution >= 4 is 0 Å². The number of ether oxygens (including phenoxy) is 1. The summed E-state index contributed by atoms with van der Waals surface area (Å²) in [7, 11) is 2.04. The Hall–Kier alpha value is -0.0800. The lowest BCUT2D eigenvalue weighted by molar-refractivity contribution is 0.133. The molecule has 0 saturated carbocycles. The Morgan fingerprint density at radius 3 is 2.77 bits per heavy atom. The summed E-state index contributed by atoms with van der Waals surface area (Å²) in [5, 5.41) is 3.30. The first-order valence-electron chi connectivity index (χ1n) is 5.45. The lowest BCUT2D eigenvalue weighted by atomic mass is 9.78. The molecule has 0 amide bonds. The minimum Gasteiger partial charge on any atom is -0.381 e. The molecule has 78 valence electrons. The van der Waals surface area contributed by atoms with Crippen LogP contribution in [0.2, 0.25) is 0 Å². The fraction of sp³-hybridized carbons (Fsp3) is 1.00. The van der Waals surface area contributed by atoms with E-state index >= 15 is 0 Å². The third-order valence-corrected chi connectivity index (χ3v) is 3.22. The van der Waals surface area contributed by atoms with E-state index < -0.39 is 0 Å². The van der Waals surface area contributed by atoms with Crippen LogP contribution < -0.4 is 5.32 Å². The summed E-state index contributed by atoms with van der Waals surface area (Å²) < 4.78 is 5.52. The topological polar surface area (TPSA) is 21.3 Å². The average Bonchev–Trinajstić information content (AvgIpc) is 2.54. The molecule has 2 heteroatoms. The van der Waals surface area contributed by atoms with E-state index in [1.165, 1.54) is 19.3 Å². The van der Waals surface area contributed by atoms with Crippen LogP contribution >= 0.6 is 0 Å². The first-order valence-corrected chi connectivity index (χ1v) is 5.45. The van der Waals surface area contributed by atoms with Gasteiger partial charge in [-0.2, -0.15) is 0 Å². The first kappa shape index (κ1) is 11.0. The Labute approximate surface area is 82.0 Å². The molecular formula is C11H23NO. The van der Waals surface area contributed by atoms with Gasteiger partial charge in [-0.1, -0.05) is 20.3 Å². The fourth-order valence-corrected chi connectivity index (χ4v) is 2.28. The van der Waals surface area contributed by atoms with E-state index in [1.807, 2.05) is 7.05 Å². The molecule has 1 aliphatic rings. The zero-order valence-corrected chi connectivity index (χ0v) is 9.23. The highest BCUT2D eigenvalue weighted by Crippen LogP contribution is 2.35. The van der Waals surface area contributed by atoms with Gasteiger partial charge in [-0.15, -0.1) is 0 Å². The van der Waals surface area contributed by atoms with Crippen LogP contribution in [-0.2, 0) is 4.74 Å².